The van der Waals surface area contributed by atoms with E-state index in [1.807, 2.05) is 0 Å². The zero-order chi connectivity index (χ0) is 37.5. The van der Waals surface area contributed by atoms with Crippen molar-refractivity contribution in [1.82, 2.24) is 24.2 Å². The molecule has 0 saturated carbocycles. The van der Waals surface area contributed by atoms with Crippen LogP contribution >= 0.6 is 0 Å². The quantitative estimate of drug-likeness (QED) is 0.108. The Balaban J connectivity index is 1.82. The van der Waals surface area contributed by atoms with Crippen LogP contribution in [0.15, 0.2) is 12.7 Å². The number of hydrogen-bond acceptors (Lipinski definition) is 11. The maximum absolute atomic E-state index is 13.1. The van der Waals surface area contributed by atoms with Crippen LogP contribution in [0.25, 0.3) is 11.2 Å². The van der Waals surface area contributed by atoms with Gasteiger partial charge in [-0.2, -0.15) is 8.42 Å². The molecule has 2 aromatic rings. The monoisotopic (exact) mass is 756 g/mol. The lowest BCUT2D eigenvalue weighted by Crippen LogP contribution is -2.54. The van der Waals surface area contributed by atoms with Gasteiger partial charge in [0.25, 0.3) is 0 Å². The Morgan fingerprint density at radius 3 is 1.98 bits per heavy atom. The maximum Gasteiger partial charge on any atom is 0.362 e. The van der Waals surface area contributed by atoms with E-state index in [4.69, 9.17) is 23.5 Å². The lowest BCUT2D eigenvalue weighted by molar-refractivity contribution is -0.119. The summed E-state index contributed by atoms with van der Waals surface area (Å²) in [6.45, 7) is 23.2. The van der Waals surface area contributed by atoms with E-state index in [1.165, 1.54) is 38.4 Å². The van der Waals surface area contributed by atoms with Gasteiger partial charge >= 0.3 is 10.3 Å². The molecule has 16 heteroatoms. The zero-order valence-corrected chi connectivity index (χ0v) is 35.2. The van der Waals surface area contributed by atoms with Gasteiger partial charge in [-0.3, -0.25) is 13.5 Å². The van der Waals surface area contributed by atoms with Crippen LogP contribution in [-0.4, -0.2) is 75.4 Å². The normalized spacial score (nSPS) is 20.9. The molecule has 1 aliphatic heterocycles. The van der Waals surface area contributed by atoms with Gasteiger partial charge in [0, 0.05) is 6.42 Å². The Bertz CT molecular complexity index is 1510. The maximum atomic E-state index is 13.1. The third-order valence-corrected chi connectivity index (χ3v) is 20.4. The summed E-state index contributed by atoms with van der Waals surface area (Å²) in [5.74, 6) is -0.361. The fourth-order valence-electron chi connectivity index (χ4n) is 5.40. The molecule has 3 heterocycles. The number of nitrogens with zero attached hydrogens (tertiary/aromatic N) is 4. The van der Waals surface area contributed by atoms with Crippen LogP contribution in [0.5, 0.6) is 0 Å². The Morgan fingerprint density at radius 1 is 0.880 bits per heavy atom. The van der Waals surface area contributed by atoms with Crippen molar-refractivity contribution < 1.29 is 31.0 Å². The van der Waals surface area contributed by atoms with E-state index in [0.717, 1.165) is 19.3 Å². The minimum atomic E-state index is -4.42. The van der Waals surface area contributed by atoms with E-state index < -0.39 is 64.0 Å². The summed E-state index contributed by atoms with van der Waals surface area (Å²) in [7, 11) is -9.36. The molecule has 4 atom stereocenters. The summed E-state index contributed by atoms with van der Waals surface area (Å²) in [6.07, 6.45) is 9.85. The molecule has 0 aromatic carbocycles. The molecule has 0 aliphatic carbocycles. The highest BCUT2D eigenvalue weighted by Gasteiger charge is 2.55. The van der Waals surface area contributed by atoms with Crippen LogP contribution < -0.4 is 10.5 Å². The summed E-state index contributed by atoms with van der Waals surface area (Å²) < 4.78 is 56.2. The Labute approximate surface area is 302 Å². The number of carbonyl (C=O) groups excluding carboxylic acids is 1. The van der Waals surface area contributed by atoms with Gasteiger partial charge in [-0.25, -0.2) is 19.7 Å². The molecule has 1 saturated heterocycles. The van der Waals surface area contributed by atoms with Gasteiger partial charge in [0.1, 0.15) is 30.2 Å². The predicted octanol–water partition coefficient (Wildman–Crippen LogP) is 7.39. The third-order valence-electron chi connectivity index (χ3n) is 10.6. The van der Waals surface area contributed by atoms with E-state index in [1.54, 1.807) is 10.9 Å². The van der Waals surface area contributed by atoms with Crippen LogP contribution in [0.2, 0.25) is 36.3 Å². The fraction of sp³-hybridized carbons (Fsp3) is 0.824. The Morgan fingerprint density at radius 2 is 1.42 bits per heavy atom. The number of anilines is 1. The lowest BCUT2D eigenvalue weighted by atomic mass is 10.1. The van der Waals surface area contributed by atoms with E-state index in [2.05, 4.69) is 94.3 Å². The van der Waals surface area contributed by atoms with Gasteiger partial charge in [0.15, 0.2) is 34.3 Å². The molecule has 3 rings (SSSR count). The number of unbranched alkanes of at least 4 members (excludes halogenated alkanes) is 8. The lowest BCUT2D eigenvalue weighted by Gasteiger charge is -2.44. The van der Waals surface area contributed by atoms with Gasteiger partial charge in [-0.15, -0.1) is 0 Å². The highest BCUT2D eigenvalue weighted by Crippen LogP contribution is 2.46. The van der Waals surface area contributed by atoms with Crippen molar-refractivity contribution in [3.05, 3.63) is 12.7 Å². The van der Waals surface area contributed by atoms with Crippen molar-refractivity contribution in [2.24, 2.45) is 0 Å². The van der Waals surface area contributed by atoms with Crippen LogP contribution in [0.4, 0.5) is 5.82 Å². The van der Waals surface area contributed by atoms with Crippen molar-refractivity contribution >= 4 is 49.8 Å². The molecule has 0 bridgehead atoms. The first-order chi connectivity index (χ1) is 23.1. The summed E-state index contributed by atoms with van der Waals surface area (Å²) in [5, 5.41) is -0.323. The van der Waals surface area contributed by atoms with Gasteiger partial charge in [0.05, 0.1) is 12.9 Å². The van der Waals surface area contributed by atoms with Gasteiger partial charge in [0.2, 0.25) is 5.91 Å². The molecule has 2 aromatic heterocycles. The number of imidazole rings is 1. The minimum Gasteiger partial charge on any atom is -0.408 e. The number of nitrogens with one attached hydrogen (secondary N) is 1. The number of nitrogen functional groups attached to an aromatic ring is 1. The van der Waals surface area contributed by atoms with Crippen molar-refractivity contribution in [3.63, 3.8) is 0 Å². The number of rotatable bonds is 19. The fourth-order valence-corrected chi connectivity index (χ4v) is 8.75. The smallest absolute Gasteiger partial charge is 0.362 e. The third kappa shape index (κ3) is 11.3. The second-order valence-corrected chi connectivity index (χ2v) is 27.5. The number of nitrogens with two attached hydrogens (primary N) is 1. The number of hydrogen-bond donors (Lipinski definition) is 2. The van der Waals surface area contributed by atoms with Crippen LogP contribution in [0, 0.1) is 0 Å². The SMILES string of the molecule is CCCCCCCCCCCC(=O)NS(=O)(=O)OC[C@H]1O[C@@H](n2cnc3c(N)ncnc32)[C@H](O[Si](C)(C)C(C)(C)C)[C@@H]1O[Si](C)(C)C(C)(C)C. The van der Waals surface area contributed by atoms with Crippen molar-refractivity contribution in [1.29, 1.82) is 0 Å². The molecule has 0 radical (unpaired) electrons. The van der Waals surface area contributed by atoms with E-state index in [-0.39, 0.29) is 22.3 Å². The topological polar surface area (TPSA) is 170 Å². The number of amides is 1. The second kappa shape index (κ2) is 17.2. The van der Waals surface area contributed by atoms with Crippen LogP contribution in [0.1, 0.15) is 119 Å². The number of aromatic nitrogens is 4. The van der Waals surface area contributed by atoms with E-state index in [9.17, 15) is 13.2 Å². The molecule has 1 aliphatic rings. The zero-order valence-electron chi connectivity index (χ0n) is 32.4. The van der Waals surface area contributed by atoms with Crippen molar-refractivity contribution in [2.45, 2.75) is 173 Å². The molecule has 0 spiro atoms. The largest absolute Gasteiger partial charge is 0.408 e. The van der Waals surface area contributed by atoms with Crippen molar-refractivity contribution in [2.75, 3.05) is 12.3 Å². The first-order valence-corrected chi connectivity index (χ1v) is 25.5. The highest BCUT2D eigenvalue weighted by atomic mass is 32.2. The molecule has 286 valence electrons. The number of ether oxygens (including phenoxy) is 1. The van der Waals surface area contributed by atoms with Gasteiger partial charge in [-0.05, 0) is 42.7 Å². The summed E-state index contributed by atoms with van der Waals surface area (Å²) in [5.41, 5.74) is 6.99. The summed E-state index contributed by atoms with van der Waals surface area (Å²) >= 11 is 0. The predicted molar refractivity (Wildman–Crippen MR) is 203 cm³/mol. The average molecular weight is 757 g/mol. The standard InChI is InChI=1S/C34H64N6O7SSi2/c1-12-13-14-15-16-17-18-19-20-21-26(41)39-48(42,43)44-22-25-28(46-49(8,9)33(2,3)4)29(47-50(10,11)34(5,6)7)32(45-25)40-24-38-27-30(35)36-23-37-31(27)40/h23-25,28-29,32H,12-22H2,1-11H3,(H,39,41)(H2,35,36,37)/t25-,28-,29-,32-/m1/s1. The first kappa shape index (κ1) is 42.5. The van der Waals surface area contributed by atoms with Gasteiger partial charge < -0.3 is 19.3 Å². The second-order valence-electron chi connectivity index (χ2n) is 16.7. The summed E-state index contributed by atoms with van der Waals surface area (Å²) in [4.78, 5) is 25.6. The van der Waals surface area contributed by atoms with Crippen LogP contribution in [0.3, 0.4) is 0 Å². The molecule has 50 heavy (non-hydrogen) atoms. The molecule has 0 unspecified atom stereocenters. The van der Waals surface area contributed by atoms with E-state index >= 15 is 0 Å². The number of fused-ring (bicyclic) bond motifs is 1. The molecule has 1 amide bonds. The average Bonchev–Trinajstić information content (AvgIpc) is 3.55. The number of carbonyl (C=O) groups is 1. The molecular weight excluding hydrogens is 693 g/mol. The minimum absolute atomic E-state index is 0.110. The Kier molecular flexibility index (Phi) is 14.6. The first-order valence-electron chi connectivity index (χ1n) is 18.2. The molecule has 1 fully saturated rings. The molecular formula is C34H64N6O7SSi2. The highest BCUT2D eigenvalue weighted by molar-refractivity contribution is 7.85. The summed E-state index contributed by atoms with van der Waals surface area (Å²) in [6, 6.07) is 0. The molecule has 13 nitrogen and oxygen atoms in total. The molecule has 3 N–H and O–H groups in total. The van der Waals surface area contributed by atoms with Crippen LogP contribution in [-0.2, 0) is 32.9 Å². The van der Waals surface area contributed by atoms with Gasteiger partial charge in [-0.1, -0.05) is 99.8 Å². The van der Waals surface area contributed by atoms with E-state index in [0.29, 0.717) is 17.6 Å². The van der Waals surface area contributed by atoms with Crippen molar-refractivity contribution in [3.8, 4) is 0 Å². The Hall–Kier alpha value is -1.96.